The van der Waals surface area contributed by atoms with Crippen LogP contribution < -0.4 is 14.7 Å². The van der Waals surface area contributed by atoms with Crippen LogP contribution in [0.3, 0.4) is 0 Å². The fraction of sp³-hybridized carbons (Fsp3) is 0.153. The van der Waals surface area contributed by atoms with E-state index in [1.807, 2.05) is 12.1 Å². The van der Waals surface area contributed by atoms with Crippen molar-refractivity contribution in [2.75, 3.05) is 14.7 Å². The minimum Gasteiger partial charge on any atom is -0.310 e. The molecule has 0 atom stereocenters. The molecule has 0 amide bonds. The van der Waals surface area contributed by atoms with E-state index in [0.717, 1.165) is 151 Å². The second kappa shape index (κ2) is 30.7. The molecule has 120 heavy (non-hydrogen) atoms. The molecule has 0 unspecified atom stereocenters. The molecule has 3 aromatic heterocycles. The van der Waals surface area contributed by atoms with E-state index in [9.17, 15) is 0 Å². The zero-order valence-corrected chi connectivity index (χ0v) is 70.5. The summed E-state index contributed by atoms with van der Waals surface area (Å²) in [6, 6.07) is 128. The minimum atomic E-state index is -0.221. The standard InChI is InChI=1S/C111H97N9/c1-73-45-55-100-94(61-73)95-70-90(116(84-33-21-15-22-34-84)85-35-23-16-24-36-85)52-58-101(95)119(100)99-56-48-75(74-46-50-83(112-14)51-47-74)66-93(99)76-49-57-104(98(67-76)107-114-105(77-62-79(108(2,3)4)68-80(63-77)109(5,6)7)113-106(115-107)78-64-81(110(8,9)10)69-82(65-78)111(11,12)13)120-102-59-53-91(117(86-37-25-17-26-38-86)87-39-27-18-28-40-87)71-96(102)97-72-92(54-60-103(97)120)118(88-41-29-19-30-42-88)89-43-31-20-32-44-89/h15-72H,1-13H3. The van der Waals surface area contributed by atoms with E-state index in [2.05, 4.69) is 458 Å². The molecule has 0 saturated heterocycles. The summed E-state index contributed by atoms with van der Waals surface area (Å²) in [5.74, 6) is 1.66. The van der Waals surface area contributed by atoms with Crippen molar-refractivity contribution in [3.8, 4) is 67.8 Å². The number of hydrogen-bond donors (Lipinski definition) is 0. The van der Waals surface area contributed by atoms with Gasteiger partial charge in [0.1, 0.15) is 0 Å². The lowest BCUT2D eigenvalue weighted by Crippen LogP contribution is -2.17. The molecular formula is C111H97N9. The average Bonchev–Trinajstić information content (AvgIpc) is 1.55. The van der Waals surface area contributed by atoms with Crippen molar-refractivity contribution in [3.05, 3.63) is 391 Å². The molecule has 586 valence electrons. The molecule has 18 rings (SSSR count). The van der Waals surface area contributed by atoms with E-state index in [4.69, 9.17) is 21.5 Å². The highest BCUT2D eigenvalue weighted by Crippen LogP contribution is 2.49. The zero-order valence-electron chi connectivity index (χ0n) is 70.5. The van der Waals surface area contributed by atoms with E-state index < -0.39 is 0 Å². The van der Waals surface area contributed by atoms with Gasteiger partial charge in [-0.1, -0.05) is 252 Å². The zero-order chi connectivity index (χ0) is 82.9. The molecule has 0 saturated carbocycles. The maximum Gasteiger partial charge on any atom is 0.187 e. The van der Waals surface area contributed by atoms with E-state index in [0.29, 0.717) is 23.2 Å². The van der Waals surface area contributed by atoms with Crippen molar-refractivity contribution < 1.29 is 0 Å². The molecule has 0 aliphatic heterocycles. The number of para-hydroxylation sites is 6. The van der Waals surface area contributed by atoms with Gasteiger partial charge in [0.15, 0.2) is 23.2 Å². The molecule has 3 heterocycles. The van der Waals surface area contributed by atoms with E-state index >= 15 is 0 Å². The van der Waals surface area contributed by atoms with Crippen LogP contribution >= 0.6 is 0 Å². The SMILES string of the molecule is [C-]#[N+]c1ccc(-c2ccc(-n3c4ccc(C)cc4c4cc(N(c5ccccc5)c5ccccc5)ccc43)c(-c3ccc(-n4c5ccc(N(c6ccccc6)c6ccccc6)cc5c5cc(N(c6ccccc6)c6ccccc6)ccc54)c(-c4nc(-c5cc(C(C)(C)C)cc(C(C)(C)C)c5)nc(-c5cc(C(C)(C)C)cc(C(C)(C)C)c5)n4)c3)c2)cc1. The van der Waals surface area contributed by atoms with Crippen LogP contribution in [-0.4, -0.2) is 24.1 Å². The summed E-state index contributed by atoms with van der Waals surface area (Å²) in [5.41, 5.74) is 27.5. The third-order valence-electron chi connectivity index (χ3n) is 23.3. The number of aryl methyl sites for hydroxylation is 1. The Morgan fingerprint density at radius 3 is 0.875 bits per heavy atom. The lowest BCUT2D eigenvalue weighted by Gasteiger charge is -2.26. The quantitative estimate of drug-likeness (QED) is 0.0899. The molecule has 9 nitrogen and oxygen atoms in total. The van der Waals surface area contributed by atoms with Crippen molar-refractivity contribution in [1.82, 2.24) is 24.1 Å². The Labute approximate surface area is 705 Å². The Kier molecular flexibility index (Phi) is 19.7. The second-order valence-electron chi connectivity index (χ2n) is 35.8. The van der Waals surface area contributed by atoms with Gasteiger partial charge in [-0.25, -0.2) is 19.8 Å². The summed E-state index contributed by atoms with van der Waals surface area (Å²) in [7, 11) is 0. The van der Waals surface area contributed by atoms with Crippen LogP contribution in [0.15, 0.2) is 352 Å². The van der Waals surface area contributed by atoms with Gasteiger partial charge in [0, 0.05) is 95.0 Å². The normalized spacial score (nSPS) is 12.0. The predicted molar refractivity (Wildman–Crippen MR) is 506 cm³/mol. The molecular weight excluding hydrogens is 1460 g/mol. The van der Waals surface area contributed by atoms with Crippen LogP contribution in [0.5, 0.6) is 0 Å². The highest BCUT2D eigenvalue weighted by molar-refractivity contribution is 6.14. The summed E-state index contributed by atoms with van der Waals surface area (Å²) >= 11 is 0. The van der Waals surface area contributed by atoms with Crippen LogP contribution in [0.2, 0.25) is 0 Å². The van der Waals surface area contributed by atoms with Crippen molar-refractivity contribution >= 4 is 100 Å². The van der Waals surface area contributed by atoms with Gasteiger partial charge >= 0.3 is 0 Å². The van der Waals surface area contributed by atoms with E-state index in [-0.39, 0.29) is 21.7 Å². The van der Waals surface area contributed by atoms with Crippen LogP contribution in [0.4, 0.5) is 56.9 Å². The molecule has 0 aliphatic rings. The predicted octanol–water partition coefficient (Wildman–Crippen LogP) is 30.9. The highest BCUT2D eigenvalue weighted by atomic mass is 15.2. The van der Waals surface area contributed by atoms with Gasteiger partial charge in [0.05, 0.1) is 40.0 Å². The lowest BCUT2D eigenvalue weighted by atomic mass is 9.79. The second-order valence-corrected chi connectivity index (χ2v) is 35.8. The van der Waals surface area contributed by atoms with Gasteiger partial charge in [-0.3, -0.25) is 0 Å². The topological polar surface area (TPSA) is 62.6 Å². The fourth-order valence-corrected chi connectivity index (χ4v) is 16.8. The molecule has 0 bridgehead atoms. The smallest absolute Gasteiger partial charge is 0.187 e. The van der Waals surface area contributed by atoms with Gasteiger partial charge < -0.3 is 23.8 Å². The first-order valence-corrected chi connectivity index (χ1v) is 41.6. The third-order valence-corrected chi connectivity index (χ3v) is 23.3. The largest absolute Gasteiger partial charge is 0.310 e. The molecule has 0 fully saturated rings. The van der Waals surface area contributed by atoms with Crippen LogP contribution in [-0.2, 0) is 21.7 Å². The Bertz CT molecular complexity index is 6520. The van der Waals surface area contributed by atoms with Gasteiger partial charge in [-0.2, -0.15) is 0 Å². The van der Waals surface area contributed by atoms with Gasteiger partial charge in [0.2, 0.25) is 0 Å². The molecule has 9 heteroatoms. The van der Waals surface area contributed by atoms with Crippen molar-refractivity contribution in [1.29, 1.82) is 0 Å². The fourth-order valence-electron chi connectivity index (χ4n) is 16.8. The van der Waals surface area contributed by atoms with E-state index in [1.54, 1.807) is 0 Å². The first kappa shape index (κ1) is 77.1. The number of nitrogens with zero attached hydrogens (tertiary/aromatic N) is 9. The van der Waals surface area contributed by atoms with Crippen molar-refractivity contribution in [3.63, 3.8) is 0 Å². The molecule has 0 radical (unpaired) electrons. The summed E-state index contributed by atoms with van der Waals surface area (Å²) < 4.78 is 4.92. The Morgan fingerprint density at radius 1 is 0.250 bits per heavy atom. The molecule has 0 N–H and O–H groups in total. The minimum absolute atomic E-state index is 0.221. The third kappa shape index (κ3) is 14.8. The Morgan fingerprint density at radius 2 is 0.542 bits per heavy atom. The highest BCUT2D eigenvalue weighted by Gasteiger charge is 2.30. The number of hydrogen-bond acceptors (Lipinski definition) is 6. The van der Waals surface area contributed by atoms with Crippen LogP contribution in [0, 0.1) is 13.5 Å². The number of aromatic nitrogens is 5. The molecule has 0 aliphatic carbocycles. The van der Waals surface area contributed by atoms with Crippen LogP contribution in [0.25, 0.3) is 116 Å². The Hall–Kier alpha value is -14.2. The van der Waals surface area contributed by atoms with Crippen molar-refractivity contribution in [2.45, 2.75) is 112 Å². The number of anilines is 9. The molecule has 18 aromatic rings. The summed E-state index contributed by atoms with van der Waals surface area (Å²) in [5, 5.41) is 4.36. The van der Waals surface area contributed by atoms with E-state index in [1.165, 1.54) is 22.3 Å². The summed E-state index contributed by atoms with van der Waals surface area (Å²) in [4.78, 5) is 28.7. The summed E-state index contributed by atoms with van der Waals surface area (Å²) in [6.07, 6.45) is 0. The van der Waals surface area contributed by atoms with Gasteiger partial charge in [-0.05, 0) is 256 Å². The van der Waals surface area contributed by atoms with Gasteiger partial charge in [-0.15, -0.1) is 0 Å². The maximum absolute atomic E-state index is 8.03. The monoisotopic (exact) mass is 1560 g/mol. The number of benzene rings is 15. The molecule has 15 aromatic carbocycles. The Balaban J connectivity index is 0.968. The summed E-state index contributed by atoms with van der Waals surface area (Å²) in [6.45, 7) is 37.7. The first-order valence-electron chi connectivity index (χ1n) is 41.6. The average molecular weight is 1560 g/mol. The number of fused-ring (bicyclic) bond motifs is 6. The lowest BCUT2D eigenvalue weighted by molar-refractivity contribution is 0.568. The van der Waals surface area contributed by atoms with Gasteiger partial charge in [0.25, 0.3) is 0 Å². The van der Waals surface area contributed by atoms with Crippen LogP contribution in [0.1, 0.15) is 111 Å². The maximum atomic E-state index is 8.03. The van der Waals surface area contributed by atoms with Crippen molar-refractivity contribution in [2.24, 2.45) is 0 Å². The first-order chi connectivity index (χ1) is 57.9. The molecule has 0 spiro atoms. The number of rotatable bonds is 16.